The zero-order valence-corrected chi connectivity index (χ0v) is 9.30. The molecule has 1 atom stereocenters. The van der Waals surface area contributed by atoms with Crippen LogP contribution < -0.4 is 10.5 Å². The molecule has 14 heavy (non-hydrogen) atoms. The van der Waals surface area contributed by atoms with E-state index in [1.54, 1.807) is 0 Å². The predicted molar refractivity (Wildman–Crippen MR) is 59.9 cm³/mol. The van der Waals surface area contributed by atoms with Crippen LogP contribution in [0.3, 0.4) is 0 Å². The van der Waals surface area contributed by atoms with E-state index in [1.165, 1.54) is 0 Å². The van der Waals surface area contributed by atoms with Crippen LogP contribution in [-0.2, 0) is 0 Å². The van der Waals surface area contributed by atoms with Crippen LogP contribution in [0.1, 0.15) is 31.9 Å². The van der Waals surface area contributed by atoms with Crippen LogP contribution in [-0.4, -0.2) is 5.60 Å². The van der Waals surface area contributed by atoms with E-state index in [4.69, 9.17) is 10.5 Å². The molecule has 2 N–H and O–H groups in total. The van der Waals surface area contributed by atoms with Crippen LogP contribution in [0.2, 0.25) is 0 Å². The molecule has 78 valence electrons. The molecule has 0 saturated heterocycles. The van der Waals surface area contributed by atoms with Gasteiger partial charge in [0.05, 0.1) is 0 Å². The number of benzene rings is 1. The zero-order valence-electron chi connectivity index (χ0n) is 8.49. The highest BCUT2D eigenvalue weighted by Crippen LogP contribution is 2.37. The van der Waals surface area contributed by atoms with E-state index in [9.17, 15) is 0 Å². The Balaban J connectivity index is 0.000000980. The van der Waals surface area contributed by atoms with Crippen molar-refractivity contribution in [1.29, 1.82) is 0 Å². The summed E-state index contributed by atoms with van der Waals surface area (Å²) in [5, 5.41) is 0. The van der Waals surface area contributed by atoms with Crippen molar-refractivity contribution >= 4 is 12.4 Å². The first kappa shape index (κ1) is 11.3. The lowest BCUT2D eigenvalue weighted by Crippen LogP contribution is -2.37. The van der Waals surface area contributed by atoms with E-state index in [0.29, 0.717) is 0 Å². The van der Waals surface area contributed by atoms with Crippen molar-refractivity contribution in [3.05, 3.63) is 29.8 Å². The third kappa shape index (κ3) is 2.02. The van der Waals surface area contributed by atoms with Gasteiger partial charge < -0.3 is 10.5 Å². The summed E-state index contributed by atoms with van der Waals surface area (Å²) in [6, 6.07) is 8.11. The first-order valence-corrected chi connectivity index (χ1v) is 4.62. The first-order valence-electron chi connectivity index (χ1n) is 4.62. The fraction of sp³-hybridized carbons (Fsp3) is 0.455. The van der Waals surface area contributed by atoms with Crippen LogP contribution >= 0.6 is 12.4 Å². The van der Waals surface area contributed by atoms with Crippen LogP contribution in [0.25, 0.3) is 0 Å². The second kappa shape index (κ2) is 3.79. The molecular weight excluding hydrogens is 198 g/mol. The van der Waals surface area contributed by atoms with Gasteiger partial charge in [-0.1, -0.05) is 18.2 Å². The van der Waals surface area contributed by atoms with Gasteiger partial charge in [-0.15, -0.1) is 12.4 Å². The van der Waals surface area contributed by atoms with E-state index in [-0.39, 0.29) is 24.0 Å². The van der Waals surface area contributed by atoms with Gasteiger partial charge in [0.2, 0.25) is 0 Å². The molecule has 0 amide bonds. The second-order valence-electron chi connectivity index (χ2n) is 4.21. The Hall–Kier alpha value is -0.730. The number of halogens is 1. The van der Waals surface area contributed by atoms with Gasteiger partial charge in [-0.05, 0) is 19.9 Å². The number of nitrogens with two attached hydrogens (primary N) is 1. The average Bonchev–Trinajstić information content (AvgIpc) is 2.02. The minimum atomic E-state index is -0.131. The second-order valence-corrected chi connectivity index (χ2v) is 4.21. The average molecular weight is 214 g/mol. The van der Waals surface area contributed by atoms with Crippen molar-refractivity contribution in [3.8, 4) is 5.75 Å². The normalized spacial score (nSPS) is 22.9. The van der Waals surface area contributed by atoms with Crippen LogP contribution in [0.15, 0.2) is 24.3 Å². The number of rotatable bonds is 0. The van der Waals surface area contributed by atoms with Crippen molar-refractivity contribution in [2.75, 3.05) is 0 Å². The lowest BCUT2D eigenvalue weighted by atomic mass is 9.90. The Morgan fingerprint density at radius 1 is 1.36 bits per heavy atom. The minimum absolute atomic E-state index is 0. The van der Waals surface area contributed by atoms with Gasteiger partial charge in [0.15, 0.2) is 0 Å². The maximum atomic E-state index is 6.04. The molecule has 0 fully saturated rings. The smallest absolute Gasteiger partial charge is 0.124 e. The molecule has 1 heterocycles. The summed E-state index contributed by atoms with van der Waals surface area (Å²) in [4.78, 5) is 0. The minimum Gasteiger partial charge on any atom is -0.487 e. The van der Waals surface area contributed by atoms with Crippen molar-refractivity contribution in [2.24, 2.45) is 5.73 Å². The molecule has 1 aromatic carbocycles. The number of hydrogen-bond donors (Lipinski definition) is 1. The highest BCUT2D eigenvalue weighted by Gasteiger charge is 2.31. The Bertz CT molecular complexity index is 325. The van der Waals surface area contributed by atoms with Gasteiger partial charge in [-0.25, -0.2) is 0 Å². The van der Waals surface area contributed by atoms with Crippen molar-refractivity contribution in [3.63, 3.8) is 0 Å². The van der Waals surface area contributed by atoms with Gasteiger partial charge in [0, 0.05) is 18.0 Å². The molecule has 0 radical (unpaired) electrons. The van der Waals surface area contributed by atoms with Gasteiger partial charge in [-0.2, -0.15) is 0 Å². The quantitative estimate of drug-likeness (QED) is 0.719. The molecule has 0 aromatic heterocycles. The van der Waals surface area contributed by atoms with Crippen molar-refractivity contribution in [1.82, 2.24) is 0 Å². The standard InChI is InChI=1S/C11H15NO.ClH/c1-11(2)7-9(12)8-5-3-4-6-10(8)13-11;/h3-6,9H,7,12H2,1-2H3;1H/t9-;/m0./s1. The number of ether oxygens (including phenoxy) is 1. The molecule has 1 aliphatic rings. The maximum Gasteiger partial charge on any atom is 0.124 e. The highest BCUT2D eigenvalue weighted by atomic mass is 35.5. The van der Waals surface area contributed by atoms with Crippen LogP contribution in [0.5, 0.6) is 5.75 Å². The monoisotopic (exact) mass is 213 g/mol. The van der Waals surface area contributed by atoms with E-state index < -0.39 is 0 Å². The van der Waals surface area contributed by atoms with E-state index >= 15 is 0 Å². The molecule has 0 aliphatic carbocycles. The topological polar surface area (TPSA) is 35.2 Å². The third-order valence-corrected chi connectivity index (χ3v) is 2.42. The maximum absolute atomic E-state index is 6.04. The molecule has 0 bridgehead atoms. The third-order valence-electron chi connectivity index (χ3n) is 2.42. The molecule has 0 spiro atoms. The fourth-order valence-corrected chi connectivity index (χ4v) is 1.86. The number of fused-ring (bicyclic) bond motifs is 1. The van der Waals surface area contributed by atoms with Gasteiger partial charge in [-0.3, -0.25) is 0 Å². The summed E-state index contributed by atoms with van der Waals surface area (Å²) in [7, 11) is 0. The summed E-state index contributed by atoms with van der Waals surface area (Å²) in [5.41, 5.74) is 7.04. The van der Waals surface area contributed by atoms with Crippen LogP contribution in [0, 0.1) is 0 Å². The largest absolute Gasteiger partial charge is 0.487 e. The summed E-state index contributed by atoms with van der Waals surface area (Å²) >= 11 is 0. The van der Waals surface area contributed by atoms with E-state index in [1.807, 2.05) is 24.3 Å². The van der Waals surface area contributed by atoms with Crippen molar-refractivity contribution in [2.45, 2.75) is 31.9 Å². The highest BCUT2D eigenvalue weighted by molar-refractivity contribution is 5.85. The summed E-state index contributed by atoms with van der Waals surface area (Å²) < 4.78 is 5.81. The first-order chi connectivity index (χ1) is 6.08. The van der Waals surface area contributed by atoms with Crippen molar-refractivity contribution < 1.29 is 4.74 Å². The number of hydrogen-bond acceptors (Lipinski definition) is 2. The number of para-hydroxylation sites is 1. The van der Waals surface area contributed by atoms with Gasteiger partial charge in [0.1, 0.15) is 11.4 Å². The Morgan fingerprint density at radius 3 is 2.71 bits per heavy atom. The van der Waals surface area contributed by atoms with Gasteiger partial charge in [0.25, 0.3) is 0 Å². The zero-order chi connectivity index (χ0) is 9.47. The molecular formula is C11H16ClNO. The molecule has 1 aromatic rings. The summed E-state index contributed by atoms with van der Waals surface area (Å²) in [6.07, 6.45) is 0.879. The molecule has 0 saturated carbocycles. The van der Waals surface area contributed by atoms with Gasteiger partial charge >= 0.3 is 0 Å². The fourth-order valence-electron chi connectivity index (χ4n) is 1.86. The van der Waals surface area contributed by atoms with E-state index in [0.717, 1.165) is 17.7 Å². The summed E-state index contributed by atoms with van der Waals surface area (Å²) in [6.45, 7) is 4.14. The summed E-state index contributed by atoms with van der Waals surface area (Å²) in [5.74, 6) is 0.936. The molecule has 3 heteroatoms. The Kier molecular flexibility index (Phi) is 3.07. The predicted octanol–water partition coefficient (Wildman–Crippen LogP) is 2.67. The molecule has 0 unspecified atom stereocenters. The lowest BCUT2D eigenvalue weighted by molar-refractivity contribution is 0.0729. The molecule has 2 nitrogen and oxygen atoms in total. The Labute approximate surface area is 90.9 Å². The van der Waals surface area contributed by atoms with Crippen LogP contribution in [0.4, 0.5) is 0 Å². The Morgan fingerprint density at radius 2 is 2.00 bits per heavy atom. The molecule has 1 aliphatic heterocycles. The van der Waals surface area contributed by atoms with E-state index in [2.05, 4.69) is 13.8 Å². The SMILES string of the molecule is CC1(C)C[C@H](N)c2ccccc2O1.Cl. The lowest BCUT2D eigenvalue weighted by Gasteiger charge is -2.35. The molecule has 2 rings (SSSR count).